The van der Waals surface area contributed by atoms with Gasteiger partial charge in [-0.15, -0.1) is 0 Å². The lowest BCUT2D eigenvalue weighted by molar-refractivity contribution is 0.561. The van der Waals surface area contributed by atoms with E-state index in [1.54, 1.807) is 12.4 Å². The number of nitrogens with zero attached hydrogens (tertiary/aromatic N) is 1. The predicted octanol–water partition coefficient (Wildman–Crippen LogP) is 1.04. The quantitative estimate of drug-likeness (QED) is 0.690. The van der Waals surface area contributed by atoms with Gasteiger partial charge in [-0.3, -0.25) is 4.98 Å². The maximum atomic E-state index is 6.23. The van der Waals surface area contributed by atoms with Gasteiger partial charge in [-0.25, -0.2) is 0 Å². The van der Waals surface area contributed by atoms with Crippen LogP contribution in [0.5, 0.6) is 0 Å². The standard InChI is InChI=1S/C11H13N3/c12-10-1-5-11(13,6-2-10)9-3-7-14-8-4-9/h1-5,7-8H,6,12-13H2. The fourth-order valence-electron chi connectivity index (χ4n) is 1.54. The van der Waals surface area contributed by atoms with Crippen LogP contribution in [0.2, 0.25) is 0 Å². The van der Waals surface area contributed by atoms with Crippen LogP contribution in [-0.2, 0) is 5.54 Å². The Kier molecular flexibility index (Phi) is 2.09. The molecule has 4 N–H and O–H groups in total. The van der Waals surface area contributed by atoms with Crippen molar-refractivity contribution in [2.24, 2.45) is 11.5 Å². The third kappa shape index (κ3) is 1.54. The molecule has 1 aromatic rings. The Labute approximate surface area is 83.1 Å². The molecule has 1 unspecified atom stereocenters. The van der Waals surface area contributed by atoms with Gasteiger partial charge in [0.25, 0.3) is 0 Å². The maximum Gasteiger partial charge on any atom is 0.0636 e. The van der Waals surface area contributed by atoms with Crippen LogP contribution >= 0.6 is 0 Å². The Morgan fingerprint density at radius 3 is 2.57 bits per heavy atom. The van der Waals surface area contributed by atoms with Crippen LogP contribution in [0.15, 0.2) is 48.5 Å². The first-order chi connectivity index (χ1) is 6.71. The number of rotatable bonds is 1. The van der Waals surface area contributed by atoms with Gasteiger partial charge in [-0.1, -0.05) is 12.2 Å². The summed E-state index contributed by atoms with van der Waals surface area (Å²) >= 11 is 0. The van der Waals surface area contributed by atoms with Crippen LogP contribution in [0.25, 0.3) is 0 Å². The SMILES string of the molecule is NC1=CCC(N)(c2ccncc2)C=C1. The predicted molar refractivity (Wildman–Crippen MR) is 56.1 cm³/mol. The molecule has 0 bridgehead atoms. The maximum absolute atomic E-state index is 6.23. The molecule has 2 rings (SSSR count). The smallest absolute Gasteiger partial charge is 0.0636 e. The number of pyridine rings is 1. The first kappa shape index (κ1) is 8.97. The van der Waals surface area contributed by atoms with Crippen LogP contribution in [-0.4, -0.2) is 4.98 Å². The van der Waals surface area contributed by atoms with E-state index in [0.29, 0.717) is 0 Å². The molecular weight excluding hydrogens is 174 g/mol. The summed E-state index contributed by atoms with van der Waals surface area (Å²) in [5, 5.41) is 0. The third-order valence-electron chi connectivity index (χ3n) is 2.47. The van der Waals surface area contributed by atoms with Gasteiger partial charge in [-0.05, 0) is 30.2 Å². The van der Waals surface area contributed by atoms with Gasteiger partial charge in [0.1, 0.15) is 0 Å². The average Bonchev–Trinajstić information content (AvgIpc) is 2.24. The molecule has 1 aromatic heterocycles. The van der Waals surface area contributed by atoms with E-state index in [-0.39, 0.29) is 0 Å². The molecule has 3 heteroatoms. The van der Waals surface area contributed by atoms with Crippen molar-refractivity contribution in [3.8, 4) is 0 Å². The first-order valence-corrected chi connectivity index (χ1v) is 4.55. The Morgan fingerprint density at radius 1 is 1.29 bits per heavy atom. The second-order valence-corrected chi connectivity index (χ2v) is 3.52. The van der Waals surface area contributed by atoms with Crippen molar-refractivity contribution in [1.82, 2.24) is 4.98 Å². The van der Waals surface area contributed by atoms with Crippen LogP contribution in [0.3, 0.4) is 0 Å². The first-order valence-electron chi connectivity index (χ1n) is 4.55. The molecule has 0 fully saturated rings. The molecular formula is C11H13N3. The molecule has 0 aromatic carbocycles. The zero-order valence-corrected chi connectivity index (χ0v) is 7.85. The van der Waals surface area contributed by atoms with Crippen molar-refractivity contribution in [2.45, 2.75) is 12.0 Å². The molecule has 1 aliphatic rings. The van der Waals surface area contributed by atoms with Gasteiger partial charge < -0.3 is 11.5 Å². The summed E-state index contributed by atoms with van der Waals surface area (Å²) < 4.78 is 0. The van der Waals surface area contributed by atoms with E-state index in [1.807, 2.05) is 30.4 Å². The highest BCUT2D eigenvalue weighted by Crippen LogP contribution is 2.27. The summed E-state index contributed by atoms with van der Waals surface area (Å²) in [4.78, 5) is 3.97. The lowest BCUT2D eigenvalue weighted by Crippen LogP contribution is -2.35. The Hall–Kier alpha value is -1.61. The van der Waals surface area contributed by atoms with Crippen molar-refractivity contribution in [2.75, 3.05) is 0 Å². The summed E-state index contributed by atoms with van der Waals surface area (Å²) in [5.74, 6) is 0. The minimum absolute atomic E-state index is 0.425. The second-order valence-electron chi connectivity index (χ2n) is 3.52. The number of nitrogens with two attached hydrogens (primary N) is 2. The van der Waals surface area contributed by atoms with Gasteiger partial charge in [0.15, 0.2) is 0 Å². The molecule has 1 atom stereocenters. The highest BCUT2D eigenvalue weighted by atomic mass is 14.7. The number of aromatic nitrogens is 1. The zero-order chi connectivity index (χ0) is 10.0. The molecule has 1 heterocycles. The van der Waals surface area contributed by atoms with E-state index in [9.17, 15) is 0 Å². The zero-order valence-electron chi connectivity index (χ0n) is 7.85. The summed E-state index contributed by atoms with van der Waals surface area (Å²) in [5.41, 5.74) is 13.3. The van der Waals surface area contributed by atoms with Gasteiger partial charge >= 0.3 is 0 Å². The molecule has 0 saturated carbocycles. The van der Waals surface area contributed by atoms with Gasteiger partial charge in [0, 0.05) is 18.1 Å². The van der Waals surface area contributed by atoms with Crippen LogP contribution < -0.4 is 11.5 Å². The highest BCUT2D eigenvalue weighted by molar-refractivity contribution is 5.35. The largest absolute Gasteiger partial charge is 0.399 e. The lowest BCUT2D eigenvalue weighted by atomic mass is 9.85. The molecule has 72 valence electrons. The summed E-state index contributed by atoms with van der Waals surface area (Å²) in [6.45, 7) is 0. The molecule has 1 aliphatic carbocycles. The van der Waals surface area contributed by atoms with Crippen molar-refractivity contribution in [1.29, 1.82) is 0 Å². The Bertz CT molecular complexity index is 381. The van der Waals surface area contributed by atoms with Gasteiger partial charge in [-0.2, -0.15) is 0 Å². The van der Waals surface area contributed by atoms with Crippen LogP contribution in [0, 0.1) is 0 Å². The normalized spacial score (nSPS) is 25.9. The van der Waals surface area contributed by atoms with E-state index >= 15 is 0 Å². The van der Waals surface area contributed by atoms with Crippen LogP contribution in [0.1, 0.15) is 12.0 Å². The Balaban J connectivity index is 2.32. The van der Waals surface area contributed by atoms with Gasteiger partial charge in [0.05, 0.1) is 5.54 Å². The monoisotopic (exact) mass is 187 g/mol. The molecule has 14 heavy (non-hydrogen) atoms. The number of hydrogen-bond acceptors (Lipinski definition) is 3. The van der Waals surface area contributed by atoms with E-state index in [2.05, 4.69) is 4.98 Å². The average molecular weight is 187 g/mol. The minimum Gasteiger partial charge on any atom is -0.399 e. The highest BCUT2D eigenvalue weighted by Gasteiger charge is 2.24. The molecule has 3 nitrogen and oxygen atoms in total. The number of hydrogen-bond donors (Lipinski definition) is 2. The number of allylic oxidation sites excluding steroid dienone is 1. The second kappa shape index (κ2) is 3.27. The van der Waals surface area contributed by atoms with Crippen LogP contribution in [0.4, 0.5) is 0 Å². The minimum atomic E-state index is -0.425. The van der Waals surface area contributed by atoms with E-state index < -0.39 is 5.54 Å². The van der Waals surface area contributed by atoms with Crippen molar-refractivity contribution in [3.05, 3.63) is 54.0 Å². The summed E-state index contributed by atoms with van der Waals surface area (Å²) in [7, 11) is 0. The fraction of sp³-hybridized carbons (Fsp3) is 0.182. The van der Waals surface area contributed by atoms with Crippen molar-refractivity contribution < 1.29 is 0 Å². The topological polar surface area (TPSA) is 64.9 Å². The third-order valence-corrected chi connectivity index (χ3v) is 2.47. The molecule has 0 radical (unpaired) electrons. The molecule has 0 aliphatic heterocycles. The fourth-order valence-corrected chi connectivity index (χ4v) is 1.54. The van der Waals surface area contributed by atoms with Crippen molar-refractivity contribution in [3.63, 3.8) is 0 Å². The Morgan fingerprint density at radius 2 is 2.00 bits per heavy atom. The van der Waals surface area contributed by atoms with E-state index in [4.69, 9.17) is 11.5 Å². The lowest BCUT2D eigenvalue weighted by Gasteiger charge is -2.27. The molecule has 0 saturated heterocycles. The summed E-state index contributed by atoms with van der Waals surface area (Å²) in [6, 6.07) is 3.86. The van der Waals surface area contributed by atoms with Gasteiger partial charge in [0.2, 0.25) is 0 Å². The van der Waals surface area contributed by atoms with Crippen molar-refractivity contribution >= 4 is 0 Å². The van der Waals surface area contributed by atoms with E-state index in [0.717, 1.165) is 17.7 Å². The molecule has 0 amide bonds. The summed E-state index contributed by atoms with van der Waals surface area (Å²) in [6.07, 6.45) is 9.97. The molecule has 0 spiro atoms. The van der Waals surface area contributed by atoms with E-state index in [1.165, 1.54) is 0 Å².